The molecule has 0 heterocycles. The summed E-state index contributed by atoms with van der Waals surface area (Å²) in [4.78, 5) is 11.2. The van der Waals surface area contributed by atoms with E-state index in [1.807, 2.05) is 0 Å². The molecule has 2 N–H and O–H groups in total. The van der Waals surface area contributed by atoms with Crippen LogP contribution in [-0.2, 0) is 9.53 Å². The van der Waals surface area contributed by atoms with Crippen LogP contribution in [0.3, 0.4) is 0 Å². The van der Waals surface area contributed by atoms with Gasteiger partial charge >= 0.3 is 5.97 Å². The first-order chi connectivity index (χ1) is 7.57. The number of nitrogens with two attached hydrogens (primary N) is 1. The molecule has 0 amide bonds. The number of esters is 1. The molecule has 1 unspecified atom stereocenters. The zero-order chi connectivity index (χ0) is 12.1. The Hall–Kier alpha value is -0.650. The lowest BCUT2D eigenvalue weighted by atomic mass is 10.0. The average Bonchev–Trinajstić information content (AvgIpc) is 2.28. The van der Waals surface area contributed by atoms with Crippen molar-refractivity contribution in [2.75, 3.05) is 6.61 Å². The molecule has 0 spiro atoms. The third-order valence-corrected chi connectivity index (χ3v) is 2.81. The van der Waals surface area contributed by atoms with Crippen molar-refractivity contribution in [1.29, 1.82) is 0 Å². The standard InChI is InChI=1S/C11H13BrFNO2.ClH/c1-2-16-11(15)9(13)10(14)7-5-3-4-6-8(7)12;/h3-6,9-10H,2,14H2,1H3;1H/t9?,10-;/m0./s1. The maximum Gasteiger partial charge on any atom is 0.342 e. The van der Waals surface area contributed by atoms with Gasteiger partial charge in [-0.05, 0) is 18.6 Å². The first kappa shape index (κ1) is 16.4. The first-order valence-electron chi connectivity index (χ1n) is 4.88. The summed E-state index contributed by atoms with van der Waals surface area (Å²) in [5.74, 6) is -0.925. The monoisotopic (exact) mass is 325 g/mol. The number of halogens is 3. The molecule has 0 aliphatic rings. The second kappa shape index (κ2) is 7.63. The maximum atomic E-state index is 13.6. The van der Waals surface area contributed by atoms with Gasteiger partial charge in [-0.2, -0.15) is 0 Å². The Morgan fingerprint density at radius 3 is 2.65 bits per heavy atom. The number of carbonyl (C=O) groups is 1. The van der Waals surface area contributed by atoms with E-state index in [4.69, 9.17) is 5.73 Å². The van der Waals surface area contributed by atoms with Gasteiger partial charge in [-0.3, -0.25) is 0 Å². The summed E-state index contributed by atoms with van der Waals surface area (Å²) in [6, 6.07) is 5.92. The van der Waals surface area contributed by atoms with Crippen molar-refractivity contribution in [3.8, 4) is 0 Å². The zero-order valence-corrected chi connectivity index (χ0v) is 11.6. The summed E-state index contributed by atoms with van der Waals surface area (Å²) in [5.41, 5.74) is 6.21. The van der Waals surface area contributed by atoms with Crippen LogP contribution in [0.15, 0.2) is 28.7 Å². The predicted octanol–water partition coefficient (Wildman–Crippen LogP) is 2.77. The van der Waals surface area contributed by atoms with Crippen LogP contribution in [0.4, 0.5) is 4.39 Å². The predicted molar refractivity (Wildman–Crippen MR) is 69.8 cm³/mol. The van der Waals surface area contributed by atoms with E-state index in [1.54, 1.807) is 31.2 Å². The lowest BCUT2D eigenvalue weighted by Crippen LogP contribution is -2.31. The van der Waals surface area contributed by atoms with Crippen molar-refractivity contribution >= 4 is 34.3 Å². The molecule has 0 aliphatic carbocycles. The van der Waals surface area contributed by atoms with Crippen LogP contribution in [0.2, 0.25) is 0 Å². The van der Waals surface area contributed by atoms with Gasteiger partial charge in [0.2, 0.25) is 6.17 Å². The maximum absolute atomic E-state index is 13.6. The van der Waals surface area contributed by atoms with Crippen LogP contribution in [0.1, 0.15) is 18.5 Å². The molecule has 2 atom stereocenters. The largest absolute Gasteiger partial charge is 0.464 e. The Balaban J connectivity index is 0.00000256. The molecule has 0 aromatic heterocycles. The minimum Gasteiger partial charge on any atom is -0.464 e. The van der Waals surface area contributed by atoms with E-state index in [2.05, 4.69) is 20.7 Å². The molecule has 3 nitrogen and oxygen atoms in total. The van der Waals surface area contributed by atoms with Crippen molar-refractivity contribution in [2.45, 2.75) is 19.1 Å². The van der Waals surface area contributed by atoms with Crippen LogP contribution in [0.25, 0.3) is 0 Å². The topological polar surface area (TPSA) is 52.3 Å². The summed E-state index contributed by atoms with van der Waals surface area (Å²) < 4.78 is 18.9. The highest BCUT2D eigenvalue weighted by Gasteiger charge is 2.28. The Morgan fingerprint density at radius 1 is 1.53 bits per heavy atom. The van der Waals surface area contributed by atoms with Gasteiger partial charge in [-0.25, -0.2) is 9.18 Å². The van der Waals surface area contributed by atoms with Gasteiger partial charge in [0.15, 0.2) is 0 Å². The fourth-order valence-corrected chi connectivity index (χ4v) is 1.82. The molecule has 17 heavy (non-hydrogen) atoms. The summed E-state index contributed by atoms with van der Waals surface area (Å²) in [5, 5.41) is 0. The van der Waals surface area contributed by atoms with E-state index in [0.29, 0.717) is 10.0 Å². The van der Waals surface area contributed by atoms with Gasteiger partial charge in [-0.1, -0.05) is 34.1 Å². The van der Waals surface area contributed by atoms with Crippen molar-refractivity contribution in [1.82, 2.24) is 0 Å². The van der Waals surface area contributed by atoms with Crippen LogP contribution in [-0.4, -0.2) is 18.7 Å². The van der Waals surface area contributed by atoms with Crippen molar-refractivity contribution < 1.29 is 13.9 Å². The van der Waals surface area contributed by atoms with Gasteiger partial charge in [0.25, 0.3) is 0 Å². The lowest BCUT2D eigenvalue weighted by Gasteiger charge is -2.16. The van der Waals surface area contributed by atoms with Crippen LogP contribution >= 0.6 is 28.3 Å². The highest BCUT2D eigenvalue weighted by Crippen LogP contribution is 2.25. The molecule has 0 saturated heterocycles. The highest BCUT2D eigenvalue weighted by molar-refractivity contribution is 9.10. The fraction of sp³-hybridized carbons (Fsp3) is 0.364. The molecule has 0 radical (unpaired) electrons. The molecule has 0 bridgehead atoms. The molecule has 0 aliphatic heterocycles. The summed E-state index contributed by atoms with van der Waals surface area (Å²) in [6.07, 6.45) is -1.85. The van der Waals surface area contributed by atoms with Gasteiger partial charge in [0, 0.05) is 4.47 Å². The number of alkyl halides is 1. The number of hydrogen-bond donors (Lipinski definition) is 1. The average molecular weight is 327 g/mol. The third-order valence-electron chi connectivity index (χ3n) is 2.09. The van der Waals surface area contributed by atoms with Gasteiger partial charge in [0.1, 0.15) is 0 Å². The molecule has 0 fully saturated rings. The Morgan fingerprint density at radius 2 is 2.12 bits per heavy atom. The minimum atomic E-state index is -1.85. The normalized spacial score (nSPS) is 13.4. The fourth-order valence-electron chi connectivity index (χ4n) is 1.27. The Bertz CT molecular complexity index is 378. The van der Waals surface area contributed by atoms with Crippen molar-refractivity contribution in [3.05, 3.63) is 34.3 Å². The molecular formula is C11H14BrClFNO2. The van der Waals surface area contributed by atoms with E-state index in [-0.39, 0.29) is 19.0 Å². The van der Waals surface area contributed by atoms with Gasteiger partial charge in [-0.15, -0.1) is 12.4 Å². The summed E-state index contributed by atoms with van der Waals surface area (Å²) in [7, 11) is 0. The number of rotatable bonds is 4. The second-order valence-electron chi connectivity index (χ2n) is 3.20. The smallest absolute Gasteiger partial charge is 0.342 e. The number of ether oxygens (including phenoxy) is 1. The van der Waals surface area contributed by atoms with Crippen LogP contribution in [0.5, 0.6) is 0 Å². The lowest BCUT2D eigenvalue weighted by molar-refractivity contribution is -0.149. The van der Waals surface area contributed by atoms with Gasteiger partial charge < -0.3 is 10.5 Å². The van der Waals surface area contributed by atoms with Crippen molar-refractivity contribution in [3.63, 3.8) is 0 Å². The summed E-state index contributed by atoms with van der Waals surface area (Å²) in [6.45, 7) is 1.76. The molecule has 96 valence electrons. The molecule has 0 saturated carbocycles. The number of hydrogen-bond acceptors (Lipinski definition) is 3. The molecular weight excluding hydrogens is 312 g/mol. The minimum absolute atomic E-state index is 0. The van der Waals surface area contributed by atoms with E-state index < -0.39 is 18.2 Å². The molecule has 6 heteroatoms. The SMILES string of the molecule is CCOC(=O)C(F)[C@@H](N)c1ccccc1Br.Cl. The number of carbonyl (C=O) groups excluding carboxylic acids is 1. The van der Waals surface area contributed by atoms with E-state index in [9.17, 15) is 9.18 Å². The van der Waals surface area contributed by atoms with Crippen molar-refractivity contribution in [2.24, 2.45) is 5.73 Å². The molecule has 1 aromatic carbocycles. The van der Waals surface area contributed by atoms with E-state index in [0.717, 1.165) is 0 Å². The first-order valence-corrected chi connectivity index (χ1v) is 5.68. The second-order valence-corrected chi connectivity index (χ2v) is 4.06. The zero-order valence-electron chi connectivity index (χ0n) is 9.23. The van der Waals surface area contributed by atoms with Crippen LogP contribution < -0.4 is 5.73 Å². The van der Waals surface area contributed by atoms with Gasteiger partial charge in [0.05, 0.1) is 12.6 Å². The summed E-state index contributed by atoms with van der Waals surface area (Å²) >= 11 is 3.25. The quantitative estimate of drug-likeness (QED) is 0.866. The molecule has 1 rings (SSSR count). The van der Waals surface area contributed by atoms with E-state index in [1.165, 1.54) is 0 Å². The Labute approximate surface area is 114 Å². The third kappa shape index (κ3) is 4.26. The molecule has 1 aromatic rings. The van der Waals surface area contributed by atoms with Crippen LogP contribution in [0, 0.1) is 0 Å². The van der Waals surface area contributed by atoms with E-state index >= 15 is 0 Å². The Kier molecular flexibility index (Phi) is 7.34. The number of benzene rings is 1. The highest BCUT2D eigenvalue weighted by atomic mass is 79.9.